The van der Waals surface area contributed by atoms with Crippen LogP contribution in [-0.2, 0) is 11.2 Å². The van der Waals surface area contributed by atoms with Gasteiger partial charge in [0.15, 0.2) is 5.82 Å². The summed E-state index contributed by atoms with van der Waals surface area (Å²) < 4.78 is 2.38. The second kappa shape index (κ2) is 7.73. The molecule has 0 bridgehead atoms. The summed E-state index contributed by atoms with van der Waals surface area (Å²) in [5, 5.41) is 9.94. The van der Waals surface area contributed by atoms with E-state index in [1.807, 2.05) is 26.0 Å². The smallest absolute Gasteiger partial charge is 0.232 e. The number of carbonyl (C=O) groups excluding carboxylic acids is 1. The molecular weight excluding hydrogens is 352 g/mol. The third kappa shape index (κ3) is 3.79. The number of aromatic nitrogens is 5. The largest absolute Gasteiger partial charge is 0.326 e. The highest BCUT2D eigenvalue weighted by molar-refractivity contribution is 5.94. The number of aromatic amines is 1. The Kier molecular flexibility index (Phi) is 5.15. The number of H-pyrrole nitrogens is 1. The van der Waals surface area contributed by atoms with Crippen molar-refractivity contribution in [1.82, 2.24) is 24.7 Å². The molecule has 7 heteroatoms. The molecule has 2 N–H and O–H groups in total. The summed E-state index contributed by atoms with van der Waals surface area (Å²) in [7, 11) is 0. The number of aryl methyl sites for hydroxylation is 1. The molecule has 1 amide bonds. The fourth-order valence-electron chi connectivity index (χ4n) is 4.10. The van der Waals surface area contributed by atoms with E-state index in [9.17, 15) is 4.79 Å². The number of imidazole rings is 1. The van der Waals surface area contributed by atoms with Crippen LogP contribution < -0.4 is 5.32 Å². The summed E-state index contributed by atoms with van der Waals surface area (Å²) in [4.78, 5) is 21.5. The fourth-order valence-corrected chi connectivity index (χ4v) is 4.10. The number of nitrogens with zero attached hydrogens (tertiary/aromatic N) is 4. The molecule has 3 aromatic rings. The van der Waals surface area contributed by atoms with Gasteiger partial charge < -0.3 is 9.88 Å². The zero-order valence-electron chi connectivity index (χ0n) is 16.8. The van der Waals surface area contributed by atoms with Gasteiger partial charge in [-0.15, -0.1) is 0 Å². The summed E-state index contributed by atoms with van der Waals surface area (Å²) in [5.41, 5.74) is 2.84. The van der Waals surface area contributed by atoms with Gasteiger partial charge in [0.1, 0.15) is 11.6 Å². The van der Waals surface area contributed by atoms with Gasteiger partial charge in [0.2, 0.25) is 5.91 Å². The predicted molar refractivity (Wildman–Crippen MR) is 109 cm³/mol. The minimum Gasteiger partial charge on any atom is -0.326 e. The maximum absolute atomic E-state index is 12.4. The topological polar surface area (TPSA) is 88.5 Å². The van der Waals surface area contributed by atoms with Crippen molar-refractivity contribution in [3.05, 3.63) is 35.7 Å². The standard InChI is InChI=1S/C21H28N6O/c1-13(2)21-24-19(25-26-21)12-20(28)23-15-9-10-18-17(11-15)22-14(3)27(18)16-7-5-4-6-8-16/h9-11,13,16H,4-8,12H2,1-3H3,(H,23,28)(H,24,25,26). The summed E-state index contributed by atoms with van der Waals surface area (Å²) in [6.45, 7) is 6.12. The number of nitrogens with one attached hydrogen (secondary N) is 2. The Labute approximate surface area is 165 Å². The first-order chi connectivity index (χ1) is 13.5. The number of hydrogen-bond donors (Lipinski definition) is 2. The van der Waals surface area contributed by atoms with Gasteiger partial charge in [0.05, 0.1) is 17.5 Å². The van der Waals surface area contributed by atoms with Crippen LogP contribution >= 0.6 is 0 Å². The lowest BCUT2D eigenvalue weighted by molar-refractivity contribution is -0.115. The number of anilines is 1. The zero-order valence-corrected chi connectivity index (χ0v) is 16.8. The number of fused-ring (bicyclic) bond motifs is 1. The van der Waals surface area contributed by atoms with Crippen molar-refractivity contribution >= 4 is 22.6 Å². The molecule has 148 valence electrons. The van der Waals surface area contributed by atoms with E-state index in [0.29, 0.717) is 11.9 Å². The van der Waals surface area contributed by atoms with E-state index in [2.05, 4.69) is 38.1 Å². The Morgan fingerprint density at radius 2 is 2.04 bits per heavy atom. The molecule has 2 aromatic heterocycles. The van der Waals surface area contributed by atoms with Crippen LogP contribution in [0, 0.1) is 6.92 Å². The average Bonchev–Trinajstić information content (AvgIpc) is 3.25. The van der Waals surface area contributed by atoms with Crippen LogP contribution in [0.15, 0.2) is 18.2 Å². The second-order valence-corrected chi connectivity index (χ2v) is 8.04. The maximum Gasteiger partial charge on any atom is 0.232 e. The zero-order chi connectivity index (χ0) is 19.7. The minimum absolute atomic E-state index is 0.116. The van der Waals surface area contributed by atoms with Gasteiger partial charge in [-0.2, -0.15) is 5.10 Å². The van der Waals surface area contributed by atoms with E-state index in [1.54, 1.807) is 0 Å². The predicted octanol–water partition coefficient (Wildman–Crippen LogP) is 4.27. The molecule has 7 nitrogen and oxygen atoms in total. The second-order valence-electron chi connectivity index (χ2n) is 8.04. The summed E-state index contributed by atoms with van der Waals surface area (Å²) in [6.07, 6.45) is 6.53. The van der Waals surface area contributed by atoms with Gasteiger partial charge in [-0.1, -0.05) is 33.1 Å². The summed E-state index contributed by atoms with van der Waals surface area (Å²) >= 11 is 0. The molecule has 1 fully saturated rings. The van der Waals surface area contributed by atoms with Gasteiger partial charge in [0.25, 0.3) is 0 Å². The molecule has 4 rings (SSSR count). The van der Waals surface area contributed by atoms with Crippen molar-refractivity contribution in [2.75, 3.05) is 5.32 Å². The third-order valence-electron chi connectivity index (χ3n) is 5.48. The molecule has 1 aromatic carbocycles. The van der Waals surface area contributed by atoms with Crippen molar-refractivity contribution in [3.63, 3.8) is 0 Å². The van der Waals surface area contributed by atoms with E-state index in [-0.39, 0.29) is 18.2 Å². The molecular formula is C21H28N6O. The van der Waals surface area contributed by atoms with Crippen LogP contribution in [0.5, 0.6) is 0 Å². The van der Waals surface area contributed by atoms with Crippen LogP contribution in [-0.4, -0.2) is 30.6 Å². The highest BCUT2D eigenvalue weighted by Crippen LogP contribution is 2.33. The van der Waals surface area contributed by atoms with E-state index in [0.717, 1.165) is 28.4 Å². The Bertz CT molecular complexity index is 980. The Morgan fingerprint density at radius 3 is 2.75 bits per heavy atom. The van der Waals surface area contributed by atoms with Gasteiger partial charge in [-0.3, -0.25) is 9.89 Å². The van der Waals surface area contributed by atoms with Crippen LogP contribution in [0.2, 0.25) is 0 Å². The first-order valence-corrected chi connectivity index (χ1v) is 10.2. The maximum atomic E-state index is 12.4. The number of rotatable bonds is 5. The molecule has 0 unspecified atom stereocenters. The number of hydrogen-bond acceptors (Lipinski definition) is 4. The monoisotopic (exact) mass is 380 g/mol. The number of amides is 1. The fraction of sp³-hybridized carbons (Fsp3) is 0.524. The van der Waals surface area contributed by atoms with Gasteiger partial charge in [-0.25, -0.2) is 9.97 Å². The van der Waals surface area contributed by atoms with Crippen LogP contribution in [0.25, 0.3) is 11.0 Å². The Hall–Kier alpha value is -2.70. The van der Waals surface area contributed by atoms with Crippen LogP contribution in [0.4, 0.5) is 5.69 Å². The normalized spacial score (nSPS) is 15.4. The molecule has 1 saturated carbocycles. The van der Waals surface area contributed by atoms with E-state index in [1.165, 1.54) is 32.1 Å². The minimum atomic E-state index is -0.116. The molecule has 0 aliphatic heterocycles. The lowest BCUT2D eigenvalue weighted by Crippen LogP contribution is -2.15. The van der Waals surface area contributed by atoms with E-state index in [4.69, 9.17) is 4.98 Å². The van der Waals surface area contributed by atoms with E-state index < -0.39 is 0 Å². The summed E-state index contributed by atoms with van der Waals surface area (Å²) in [6, 6.07) is 6.53. The highest BCUT2D eigenvalue weighted by atomic mass is 16.1. The van der Waals surface area contributed by atoms with E-state index >= 15 is 0 Å². The SMILES string of the molecule is Cc1nc2cc(NC(=O)Cc3nc(C(C)C)n[nH]3)ccc2n1C1CCCCC1. The molecule has 1 aliphatic rings. The molecule has 2 heterocycles. The van der Waals surface area contributed by atoms with Gasteiger partial charge >= 0.3 is 0 Å². The van der Waals surface area contributed by atoms with Crippen molar-refractivity contribution < 1.29 is 4.79 Å². The lowest BCUT2D eigenvalue weighted by Gasteiger charge is -2.25. The quantitative estimate of drug-likeness (QED) is 0.692. The highest BCUT2D eigenvalue weighted by Gasteiger charge is 2.20. The van der Waals surface area contributed by atoms with Crippen molar-refractivity contribution in [1.29, 1.82) is 0 Å². The van der Waals surface area contributed by atoms with Crippen LogP contribution in [0.3, 0.4) is 0 Å². The lowest BCUT2D eigenvalue weighted by atomic mass is 9.95. The molecule has 0 radical (unpaired) electrons. The van der Waals surface area contributed by atoms with Crippen molar-refractivity contribution in [2.45, 2.75) is 71.3 Å². The van der Waals surface area contributed by atoms with Crippen LogP contribution in [0.1, 0.15) is 75.4 Å². The summed E-state index contributed by atoms with van der Waals surface area (Å²) in [5.74, 6) is 2.48. The van der Waals surface area contributed by atoms with Gasteiger partial charge in [-0.05, 0) is 38.0 Å². The molecule has 0 atom stereocenters. The Balaban J connectivity index is 1.49. The molecule has 1 aliphatic carbocycles. The average molecular weight is 380 g/mol. The van der Waals surface area contributed by atoms with Gasteiger partial charge in [0, 0.05) is 17.6 Å². The first-order valence-electron chi connectivity index (χ1n) is 10.2. The Morgan fingerprint density at radius 1 is 1.25 bits per heavy atom. The van der Waals surface area contributed by atoms with Crippen molar-refractivity contribution in [3.8, 4) is 0 Å². The third-order valence-corrected chi connectivity index (χ3v) is 5.48. The molecule has 0 spiro atoms. The number of carbonyl (C=O) groups is 1. The first kappa shape index (κ1) is 18.7. The number of benzene rings is 1. The molecule has 0 saturated heterocycles. The molecule has 28 heavy (non-hydrogen) atoms. The van der Waals surface area contributed by atoms with Crippen molar-refractivity contribution in [2.24, 2.45) is 0 Å².